The number of hydrogen-bond donors (Lipinski definition) is 2. The summed E-state index contributed by atoms with van der Waals surface area (Å²) >= 11 is 0. The van der Waals surface area contributed by atoms with Crippen molar-refractivity contribution in [2.24, 2.45) is 39.7 Å². The summed E-state index contributed by atoms with van der Waals surface area (Å²) in [6.45, 7) is 10.1. The number of nitrogens with one attached hydrogen (secondary N) is 2. The number of fused-ring (bicyclic) bond motifs is 5. The van der Waals surface area contributed by atoms with Gasteiger partial charge in [0.05, 0.1) is 33.4 Å². The van der Waals surface area contributed by atoms with Gasteiger partial charge in [-0.15, -0.1) is 0 Å². The molecule has 0 aliphatic heterocycles. The van der Waals surface area contributed by atoms with Crippen LogP contribution < -0.4 is 10.6 Å². The van der Waals surface area contributed by atoms with Crippen LogP contribution in [0.25, 0.3) is 0 Å². The van der Waals surface area contributed by atoms with Crippen molar-refractivity contribution in [3.05, 3.63) is 11.6 Å². The third kappa shape index (κ3) is 5.57. The Kier molecular flexibility index (Phi) is 8.01. The average Bonchev–Trinajstić information content (AvgIpc) is 3.17. The molecule has 0 spiro atoms. The fraction of sp³-hybridized carbons (Fsp3) is 0.828. The van der Waals surface area contributed by atoms with Crippen molar-refractivity contribution >= 4 is 17.6 Å². The molecule has 0 radical (unpaired) electrons. The van der Waals surface area contributed by atoms with Gasteiger partial charge in [-0.1, -0.05) is 24.6 Å². The summed E-state index contributed by atoms with van der Waals surface area (Å²) in [6, 6.07) is 0. The summed E-state index contributed by atoms with van der Waals surface area (Å²) < 4.78 is 0.914. The molecule has 2 N–H and O–H groups in total. The summed E-state index contributed by atoms with van der Waals surface area (Å²) in [7, 11) is 6.50. The van der Waals surface area contributed by atoms with E-state index in [-0.39, 0.29) is 10.8 Å². The molecule has 0 heterocycles. The van der Waals surface area contributed by atoms with Crippen molar-refractivity contribution in [3.8, 4) is 0 Å². The lowest BCUT2D eigenvalue weighted by molar-refractivity contribution is -0.869. The van der Waals surface area contributed by atoms with E-state index >= 15 is 0 Å². The highest BCUT2D eigenvalue weighted by atomic mass is 16.7. The van der Waals surface area contributed by atoms with Crippen LogP contribution in [0.5, 0.6) is 0 Å². The number of likely N-dealkylation sites (N-methyl/N-ethyl adjacent to an activating group) is 1. The molecule has 4 rings (SSSR count). The third-order valence-corrected chi connectivity index (χ3v) is 10.3. The van der Waals surface area contributed by atoms with Gasteiger partial charge in [-0.05, 0) is 86.5 Å². The zero-order chi connectivity index (χ0) is 26.1. The normalized spacial score (nSPS) is 36.4. The number of carbonyl (C=O) groups is 2. The van der Waals surface area contributed by atoms with E-state index in [1.165, 1.54) is 31.3 Å². The zero-order valence-corrected chi connectivity index (χ0v) is 23.5. The first kappa shape index (κ1) is 27.3. The molecule has 7 heteroatoms. The number of nitrogens with zero attached hydrogens (tertiary/aromatic N) is 2. The number of amides is 1. The van der Waals surface area contributed by atoms with Gasteiger partial charge in [0, 0.05) is 32.0 Å². The second kappa shape index (κ2) is 10.6. The molecular formula is C29H49N4O3+. The Morgan fingerprint density at radius 3 is 2.58 bits per heavy atom. The lowest BCUT2D eigenvalue weighted by Gasteiger charge is -2.58. The molecule has 0 aromatic heterocycles. The van der Waals surface area contributed by atoms with Crippen LogP contribution >= 0.6 is 0 Å². The lowest BCUT2D eigenvalue weighted by atomic mass is 9.46. The van der Waals surface area contributed by atoms with Crippen molar-refractivity contribution in [2.45, 2.75) is 72.1 Å². The Labute approximate surface area is 218 Å². The first-order chi connectivity index (χ1) is 16.9. The molecule has 202 valence electrons. The molecule has 36 heavy (non-hydrogen) atoms. The van der Waals surface area contributed by atoms with Crippen LogP contribution in [0.2, 0.25) is 0 Å². The van der Waals surface area contributed by atoms with Crippen LogP contribution in [0.4, 0.5) is 4.79 Å². The minimum absolute atomic E-state index is 0.210. The van der Waals surface area contributed by atoms with Crippen molar-refractivity contribution in [2.75, 3.05) is 47.3 Å². The Balaban J connectivity index is 1.30. The number of carbonyl (C=O) groups excluding carboxylic acids is 2. The van der Waals surface area contributed by atoms with Crippen LogP contribution in [0, 0.1) is 34.5 Å². The SMILES string of the molecule is C/C(=N\OC(=O)NCCNCC[N+](C)(C)C)[C@H]1CC[C@H]2[C@@H]3CCC4=CC(=O)CC[C@]4(C)[C@H]3CC[C@]12C. The van der Waals surface area contributed by atoms with Gasteiger partial charge in [0.1, 0.15) is 0 Å². The van der Waals surface area contributed by atoms with E-state index < -0.39 is 6.09 Å². The van der Waals surface area contributed by atoms with Crippen LogP contribution in [0.15, 0.2) is 16.8 Å². The van der Waals surface area contributed by atoms with E-state index in [9.17, 15) is 9.59 Å². The summed E-state index contributed by atoms with van der Waals surface area (Å²) in [5.74, 6) is 2.80. The van der Waals surface area contributed by atoms with E-state index in [0.717, 1.165) is 48.5 Å². The molecule has 1 amide bonds. The molecule has 0 saturated heterocycles. The molecule has 0 aromatic rings. The molecule has 3 saturated carbocycles. The number of ketones is 1. The highest BCUT2D eigenvalue weighted by molar-refractivity contribution is 5.91. The monoisotopic (exact) mass is 501 g/mol. The minimum Gasteiger partial charge on any atom is -0.330 e. The highest BCUT2D eigenvalue weighted by Crippen LogP contribution is 2.66. The quantitative estimate of drug-likeness (QED) is 0.168. The topological polar surface area (TPSA) is 79.8 Å². The molecule has 6 atom stereocenters. The summed E-state index contributed by atoms with van der Waals surface area (Å²) in [5.41, 5.74) is 2.81. The Morgan fingerprint density at radius 1 is 1.06 bits per heavy atom. The van der Waals surface area contributed by atoms with Crippen molar-refractivity contribution in [3.63, 3.8) is 0 Å². The molecular weight excluding hydrogens is 452 g/mol. The fourth-order valence-corrected chi connectivity index (χ4v) is 8.25. The fourth-order valence-electron chi connectivity index (χ4n) is 8.25. The van der Waals surface area contributed by atoms with Crippen molar-refractivity contribution in [1.29, 1.82) is 0 Å². The number of rotatable bonds is 8. The van der Waals surface area contributed by atoms with Gasteiger partial charge < -0.3 is 15.1 Å². The molecule has 0 unspecified atom stereocenters. The summed E-state index contributed by atoms with van der Waals surface area (Å²) in [4.78, 5) is 29.5. The number of allylic oxidation sites excluding steroid dienone is 1. The van der Waals surface area contributed by atoms with Gasteiger partial charge in [-0.2, -0.15) is 0 Å². The largest absolute Gasteiger partial charge is 0.433 e. The van der Waals surface area contributed by atoms with Crippen LogP contribution in [-0.2, 0) is 9.63 Å². The van der Waals surface area contributed by atoms with E-state index in [2.05, 4.69) is 50.8 Å². The second-order valence-electron chi connectivity index (χ2n) is 13.4. The molecule has 4 aliphatic rings. The number of oxime groups is 1. The maximum absolute atomic E-state index is 12.2. The van der Waals surface area contributed by atoms with E-state index in [4.69, 9.17) is 4.84 Å². The predicted octanol–water partition coefficient (Wildman–Crippen LogP) is 4.53. The third-order valence-electron chi connectivity index (χ3n) is 10.3. The molecule has 7 nitrogen and oxygen atoms in total. The number of hydrogen-bond acceptors (Lipinski definition) is 5. The van der Waals surface area contributed by atoms with Crippen molar-refractivity contribution < 1.29 is 18.9 Å². The number of quaternary nitrogens is 1. The Hall–Kier alpha value is -1.73. The van der Waals surface area contributed by atoms with Gasteiger partial charge >= 0.3 is 6.09 Å². The highest BCUT2D eigenvalue weighted by Gasteiger charge is 2.59. The van der Waals surface area contributed by atoms with Gasteiger partial charge in [-0.3, -0.25) is 9.63 Å². The van der Waals surface area contributed by atoms with Gasteiger partial charge in [-0.25, -0.2) is 4.79 Å². The zero-order valence-electron chi connectivity index (χ0n) is 23.5. The molecule has 0 aromatic carbocycles. The Morgan fingerprint density at radius 2 is 1.83 bits per heavy atom. The minimum atomic E-state index is -0.475. The second-order valence-corrected chi connectivity index (χ2v) is 13.4. The summed E-state index contributed by atoms with van der Waals surface area (Å²) in [5, 5.41) is 10.5. The molecule has 0 bridgehead atoms. The van der Waals surface area contributed by atoms with Crippen molar-refractivity contribution in [1.82, 2.24) is 10.6 Å². The average molecular weight is 502 g/mol. The first-order valence-electron chi connectivity index (χ1n) is 14.2. The Bertz CT molecular complexity index is 907. The van der Waals surface area contributed by atoms with Gasteiger partial charge in [0.2, 0.25) is 0 Å². The van der Waals surface area contributed by atoms with Crippen LogP contribution in [0.3, 0.4) is 0 Å². The maximum Gasteiger partial charge on any atom is 0.433 e. The lowest BCUT2D eigenvalue weighted by Crippen LogP contribution is -2.51. The smallest absolute Gasteiger partial charge is 0.330 e. The van der Waals surface area contributed by atoms with E-state index in [1.54, 1.807) is 0 Å². The van der Waals surface area contributed by atoms with E-state index in [0.29, 0.717) is 43.0 Å². The summed E-state index contributed by atoms with van der Waals surface area (Å²) in [6.07, 6.45) is 10.3. The molecule has 3 fully saturated rings. The van der Waals surface area contributed by atoms with E-state index in [1.807, 2.05) is 13.0 Å². The molecule has 4 aliphatic carbocycles. The maximum atomic E-state index is 12.2. The van der Waals surface area contributed by atoms with Crippen LogP contribution in [-0.4, -0.2) is 69.4 Å². The van der Waals surface area contributed by atoms with Crippen LogP contribution in [0.1, 0.15) is 72.1 Å². The first-order valence-corrected chi connectivity index (χ1v) is 14.2. The predicted molar refractivity (Wildman–Crippen MR) is 144 cm³/mol. The van der Waals surface area contributed by atoms with Gasteiger partial charge in [0.25, 0.3) is 0 Å². The van der Waals surface area contributed by atoms with Gasteiger partial charge in [0.15, 0.2) is 5.78 Å². The standard InChI is InChI=1S/C29H48N4O3/c1-20(32-36-27(35)31-16-15-30-17-18-33(4,5)6)24-9-10-25-23-8-7-21-19-22(34)11-13-28(21,2)26(23)12-14-29(24,25)3/h19,23-26,30H,7-18H2,1-6H3/p+1/b32-20+/t23-,24+,25-,26-,28-,29+/m0/s1.